The first-order chi connectivity index (χ1) is 24.5. The van der Waals surface area contributed by atoms with E-state index >= 15 is 0 Å². The predicted molar refractivity (Wildman–Crippen MR) is 207 cm³/mol. The van der Waals surface area contributed by atoms with E-state index in [9.17, 15) is 14.4 Å². The normalized spacial score (nSPS) is 17.0. The van der Waals surface area contributed by atoms with Crippen molar-refractivity contribution >= 4 is 96.7 Å². The third-order valence-electron chi connectivity index (χ3n) is 7.04. The van der Waals surface area contributed by atoms with Gasteiger partial charge in [-0.05, 0) is 34.1 Å². The Kier molecular flexibility index (Phi) is 16.7. The molecule has 0 atom stereocenters. The van der Waals surface area contributed by atoms with Gasteiger partial charge in [0.25, 0.3) is 11.8 Å². The second-order valence-electron chi connectivity index (χ2n) is 10.5. The average molecular weight is 890 g/mol. The molecule has 0 spiro atoms. The van der Waals surface area contributed by atoms with Crippen LogP contribution in [0, 0.1) is 0 Å². The fourth-order valence-corrected chi connectivity index (χ4v) is 10.4. The first-order valence-corrected chi connectivity index (χ1v) is 21.2. The number of esters is 1. The molecule has 3 aliphatic heterocycles. The highest BCUT2D eigenvalue weighted by Crippen LogP contribution is 2.55. The van der Waals surface area contributed by atoms with Gasteiger partial charge in [0.2, 0.25) is 0 Å². The molecule has 50 heavy (non-hydrogen) atoms. The lowest BCUT2D eigenvalue weighted by Crippen LogP contribution is -2.36. The Morgan fingerprint density at radius 1 is 0.640 bits per heavy atom. The highest BCUT2D eigenvalue weighted by Gasteiger charge is 2.40. The molecule has 0 fully saturated rings. The topological polar surface area (TPSA) is 110 Å². The summed E-state index contributed by atoms with van der Waals surface area (Å²) in [5, 5.41) is 5.09. The van der Waals surface area contributed by atoms with Gasteiger partial charge < -0.3 is 28.4 Å². The van der Waals surface area contributed by atoms with E-state index in [1.165, 1.54) is 13.4 Å². The zero-order valence-electron chi connectivity index (χ0n) is 26.9. The van der Waals surface area contributed by atoms with Crippen molar-refractivity contribution in [2.75, 3.05) is 72.6 Å². The lowest BCUT2D eigenvalue weighted by molar-refractivity contribution is -0.145. The van der Waals surface area contributed by atoms with Crippen LogP contribution in [0.4, 0.5) is 0 Å². The lowest BCUT2D eigenvalue weighted by atomic mass is 9.99. The third-order valence-corrected chi connectivity index (χ3v) is 13.6. The molecule has 0 bridgehead atoms. The SMILES string of the molecule is O=C(CN1C(=O)c2c(CBr)ccc(CBr)c2C1=O)OCCOCCOCC1=CS/C(=C2\SC=C(COCCOCCOc3ccccc3)S2)S1. The summed E-state index contributed by atoms with van der Waals surface area (Å²) in [6.07, 6.45) is 0. The summed E-state index contributed by atoms with van der Waals surface area (Å²) in [6.45, 7) is 3.56. The van der Waals surface area contributed by atoms with E-state index in [0.29, 0.717) is 85.8 Å². The summed E-state index contributed by atoms with van der Waals surface area (Å²) in [4.78, 5) is 41.6. The first-order valence-electron chi connectivity index (χ1n) is 15.6. The molecule has 0 aliphatic carbocycles. The van der Waals surface area contributed by atoms with Crippen LogP contribution < -0.4 is 4.74 Å². The van der Waals surface area contributed by atoms with Gasteiger partial charge in [-0.25, -0.2) is 0 Å². The van der Waals surface area contributed by atoms with Crippen molar-refractivity contribution in [3.63, 3.8) is 0 Å². The summed E-state index contributed by atoms with van der Waals surface area (Å²) in [7, 11) is 0. The number of halogens is 2. The Bertz CT molecular complexity index is 1560. The smallest absolute Gasteiger partial charge is 0.326 e. The van der Waals surface area contributed by atoms with E-state index in [4.69, 9.17) is 28.4 Å². The highest BCUT2D eigenvalue weighted by atomic mass is 79.9. The van der Waals surface area contributed by atoms with Crippen LogP contribution in [0.15, 0.2) is 71.6 Å². The Balaban J connectivity index is 0.867. The summed E-state index contributed by atoms with van der Waals surface area (Å²) in [5.41, 5.74) is 2.07. The Morgan fingerprint density at radius 2 is 1.14 bits per heavy atom. The molecule has 0 saturated heterocycles. The molecule has 0 unspecified atom stereocenters. The summed E-state index contributed by atoms with van der Waals surface area (Å²) in [5.74, 6) is -0.814. The van der Waals surface area contributed by atoms with Gasteiger partial charge in [-0.1, -0.05) is 109 Å². The number of rotatable bonds is 21. The summed E-state index contributed by atoms with van der Waals surface area (Å²) < 4.78 is 36.0. The first kappa shape index (κ1) is 39.5. The number of ether oxygens (including phenoxy) is 6. The number of hydrogen-bond acceptors (Lipinski definition) is 13. The van der Waals surface area contributed by atoms with E-state index < -0.39 is 24.3 Å². The number of para-hydroxylation sites is 1. The number of amides is 2. The standard InChI is InChI=1S/C34H35Br2NO9S4/c35-16-23-6-7-24(17-36)30-29(23)31(39)37(32(30)40)18-28(38)46-15-13-42-9-11-44-20-27-22-48-34(50-27)33-47-21-26(49-33)19-43-10-8-41-12-14-45-25-4-2-1-3-5-25/h1-7,21-22H,8-20H2/b34-33-. The van der Waals surface area contributed by atoms with Crippen LogP contribution in [0.25, 0.3) is 0 Å². The number of hydrogen-bond donors (Lipinski definition) is 0. The molecular formula is C34H35Br2NO9S4. The highest BCUT2D eigenvalue weighted by molar-refractivity contribution is 9.08. The van der Waals surface area contributed by atoms with Crippen molar-refractivity contribution < 1.29 is 42.8 Å². The van der Waals surface area contributed by atoms with Crippen LogP contribution in [0.1, 0.15) is 31.8 Å². The minimum Gasteiger partial charge on any atom is -0.491 e. The molecule has 268 valence electrons. The molecular weight excluding hydrogens is 854 g/mol. The molecule has 5 rings (SSSR count). The summed E-state index contributed by atoms with van der Waals surface area (Å²) >= 11 is 13.6. The molecule has 3 aliphatic rings. The van der Waals surface area contributed by atoms with E-state index in [-0.39, 0.29) is 13.2 Å². The van der Waals surface area contributed by atoms with Crippen molar-refractivity contribution in [2.24, 2.45) is 0 Å². The molecule has 0 N–H and O–H groups in total. The quantitative estimate of drug-likeness (QED) is 0.0534. The summed E-state index contributed by atoms with van der Waals surface area (Å²) in [6, 6.07) is 13.3. The minimum absolute atomic E-state index is 0.00464. The van der Waals surface area contributed by atoms with Crippen molar-refractivity contribution in [1.82, 2.24) is 4.90 Å². The fourth-order valence-electron chi connectivity index (χ4n) is 4.70. The van der Waals surface area contributed by atoms with Gasteiger partial charge >= 0.3 is 5.97 Å². The van der Waals surface area contributed by atoms with Gasteiger partial charge in [-0.15, -0.1) is 0 Å². The van der Waals surface area contributed by atoms with E-state index in [2.05, 4.69) is 42.7 Å². The zero-order valence-corrected chi connectivity index (χ0v) is 33.3. The van der Waals surface area contributed by atoms with Gasteiger partial charge in [0.15, 0.2) is 0 Å². The van der Waals surface area contributed by atoms with E-state index in [0.717, 1.165) is 15.6 Å². The van der Waals surface area contributed by atoms with Gasteiger partial charge in [0.05, 0.1) is 72.5 Å². The number of nitrogens with zero attached hydrogens (tertiary/aromatic N) is 1. The van der Waals surface area contributed by atoms with Crippen LogP contribution >= 0.6 is 78.9 Å². The molecule has 0 radical (unpaired) electrons. The molecule has 2 amide bonds. The fraction of sp³-hybridized carbons (Fsp3) is 0.382. The Hall–Kier alpha value is -1.73. The van der Waals surface area contributed by atoms with Crippen molar-refractivity contribution in [3.05, 3.63) is 93.8 Å². The predicted octanol–water partition coefficient (Wildman–Crippen LogP) is 7.53. The molecule has 3 heterocycles. The third kappa shape index (κ3) is 11.4. The molecule has 2 aromatic carbocycles. The van der Waals surface area contributed by atoms with E-state index in [1.807, 2.05) is 30.3 Å². The monoisotopic (exact) mass is 887 g/mol. The maximum Gasteiger partial charge on any atom is 0.326 e. The molecule has 0 saturated carbocycles. The van der Waals surface area contributed by atoms with Gasteiger partial charge in [-0.3, -0.25) is 19.3 Å². The van der Waals surface area contributed by atoms with Gasteiger partial charge in [0.1, 0.15) is 25.5 Å². The van der Waals surface area contributed by atoms with Crippen molar-refractivity contribution in [1.29, 1.82) is 0 Å². The molecule has 16 heteroatoms. The number of alkyl halides is 2. The van der Waals surface area contributed by atoms with Crippen molar-refractivity contribution in [3.8, 4) is 5.75 Å². The van der Waals surface area contributed by atoms with Crippen LogP contribution in [-0.2, 0) is 39.1 Å². The molecule has 2 aromatic rings. The number of carbonyl (C=O) groups excluding carboxylic acids is 3. The maximum atomic E-state index is 13.0. The van der Waals surface area contributed by atoms with E-state index in [1.54, 1.807) is 59.2 Å². The van der Waals surface area contributed by atoms with Gasteiger partial charge in [-0.2, -0.15) is 0 Å². The van der Waals surface area contributed by atoms with Gasteiger partial charge in [0, 0.05) is 20.5 Å². The minimum atomic E-state index is -0.674. The lowest BCUT2D eigenvalue weighted by Gasteiger charge is -2.13. The number of fused-ring (bicyclic) bond motifs is 1. The van der Waals surface area contributed by atoms with Crippen LogP contribution in [0.2, 0.25) is 0 Å². The Morgan fingerprint density at radius 3 is 1.68 bits per heavy atom. The largest absolute Gasteiger partial charge is 0.491 e. The van der Waals surface area contributed by atoms with Crippen molar-refractivity contribution in [2.45, 2.75) is 10.7 Å². The van der Waals surface area contributed by atoms with Crippen LogP contribution in [0.3, 0.4) is 0 Å². The van der Waals surface area contributed by atoms with Crippen LogP contribution in [-0.4, -0.2) is 95.3 Å². The second-order valence-corrected chi connectivity index (χ2v) is 16.2. The number of thioether (sulfide) groups is 4. The second kappa shape index (κ2) is 21.1. The average Bonchev–Trinajstić information content (AvgIpc) is 3.87. The zero-order chi connectivity index (χ0) is 35.1. The molecule has 10 nitrogen and oxygen atoms in total. The maximum absolute atomic E-state index is 13.0. The number of imide groups is 1. The Labute approximate surface area is 325 Å². The number of carbonyl (C=O) groups is 3. The van der Waals surface area contributed by atoms with Crippen LogP contribution in [0.5, 0.6) is 5.75 Å². The molecule has 0 aromatic heterocycles. The number of benzene rings is 2.